The Morgan fingerprint density at radius 1 is 0.833 bits per heavy atom. The minimum atomic E-state index is -0.621. The first-order valence-electron chi connectivity index (χ1n) is 7.92. The van der Waals surface area contributed by atoms with Crippen molar-refractivity contribution in [1.82, 2.24) is 0 Å². The van der Waals surface area contributed by atoms with Gasteiger partial charge in [0, 0.05) is 6.42 Å². The van der Waals surface area contributed by atoms with E-state index >= 15 is 0 Å². The van der Waals surface area contributed by atoms with Gasteiger partial charge in [-0.3, -0.25) is 4.79 Å². The molecule has 0 radical (unpaired) electrons. The summed E-state index contributed by atoms with van der Waals surface area (Å²) < 4.78 is 0. The van der Waals surface area contributed by atoms with Gasteiger partial charge in [-0.1, -0.05) is 71.6 Å². The molecule has 2 heteroatoms. The third kappa shape index (κ3) is 11.9. The highest BCUT2D eigenvalue weighted by Gasteiger charge is 2.12. The third-order valence-corrected chi connectivity index (χ3v) is 3.65. The van der Waals surface area contributed by atoms with Gasteiger partial charge in [0.15, 0.2) is 0 Å². The van der Waals surface area contributed by atoms with Crippen LogP contribution in [-0.4, -0.2) is 11.1 Å². The molecule has 0 aliphatic rings. The first kappa shape index (κ1) is 17.5. The molecule has 0 rings (SSSR count). The van der Waals surface area contributed by atoms with Crippen molar-refractivity contribution in [3.05, 3.63) is 0 Å². The molecule has 0 amide bonds. The van der Waals surface area contributed by atoms with Crippen LogP contribution in [0, 0.1) is 5.92 Å². The Bertz CT molecular complexity index is 190. The zero-order valence-electron chi connectivity index (χ0n) is 12.4. The molecule has 0 aliphatic heterocycles. The molecule has 1 N–H and O–H groups in total. The van der Waals surface area contributed by atoms with E-state index in [-0.39, 0.29) is 0 Å². The summed E-state index contributed by atoms with van der Waals surface area (Å²) in [6.45, 7) is 4.43. The van der Waals surface area contributed by atoms with Crippen molar-refractivity contribution >= 4 is 5.97 Å². The van der Waals surface area contributed by atoms with Gasteiger partial charge >= 0.3 is 5.97 Å². The topological polar surface area (TPSA) is 37.3 Å². The smallest absolute Gasteiger partial charge is 0.303 e. The fourth-order valence-electron chi connectivity index (χ4n) is 2.49. The summed E-state index contributed by atoms with van der Waals surface area (Å²) in [4.78, 5) is 10.8. The third-order valence-electron chi connectivity index (χ3n) is 3.65. The van der Waals surface area contributed by atoms with Crippen LogP contribution in [0.2, 0.25) is 0 Å². The van der Waals surface area contributed by atoms with Crippen molar-refractivity contribution in [3.63, 3.8) is 0 Å². The number of hydrogen-bond donors (Lipinski definition) is 1. The van der Waals surface area contributed by atoms with E-state index in [0.29, 0.717) is 12.3 Å². The van der Waals surface area contributed by atoms with Crippen LogP contribution in [-0.2, 0) is 4.79 Å². The van der Waals surface area contributed by atoms with Gasteiger partial charge in [-0.05, 0) is 18.8 Å². The van der Waals surface area contributed by atoms with Crippen LogP contribution < -0.4 is 0 Å². The summed E-state index contributed by atoms with van der Waals surface area (Å²) in [6.07, 6.45) is 14.0. The lowest BCUT2D eigenvalue weighted by Gasteiger charge is -2.14. The van der Waals surface area contributed by atoms with Gasteiger partial charge in [0.2, 0.25) is 0 Å². The Hall–Kier alpha value is -0.530. The first-order valence-corrected chi connectivity index (χ1v) is 7.92. The van der Waals surface area contributed by atoms with Crippen LogP contribution in [0.15, 0.2) is 0 Å². The predicted molar refractivity (Wildman–Crippen MR) is 77.9 cm³/mol. The highest BCUT2D eigenvalue weighted by Crippen LogP contribution is 2.21. The highest BCUT2D eigenvalue weighted by atomic mass is 16.4. The Balaban J connectivity index is 3.66. The second-order valence-corrected chi connectivity index (χ2v) is 5.52. The van der Waals surface area contributed by atoms with Crippen molar-refractivity contribution < 1.29 is 9.90 Å². The Morgan fingerprint density at radius 2 is 1.28 bits per heavy atom. The summed E-state index contributed by atoms with van der Waals surface area (Å²) in [5.41, 5.74) is 0. The highest BCUT2D eigenvalue weighted by molar-refractivity contribution is 5.66. The molecule has 0 heterocycles. The van der Waals surface area contributed by atoms with E-state index in [1.165, 1.54) is 57.8 Å². The number of unbranched alkanes of at least 4 members (excludes halogenated alkanes) is 7. The molecule has 1 atom stereocenters. The number of aliphatic carboxylic acids is 1. The zero-order chi connectivity index (χ0) is 13.6. The zero-order valence-corrected chi connectivity index (χ0v) is 12.4. The van der Waals surface area contributed by atoms with Crippen molar-refractivity contribution in [3.8, 4) is 0 Å². The summed E-state index contributed by atoms with van der Waals surface area (Å²) in [5, 5.41) is 8.93. The number of hydrogen-bond acceptors (Lipinski definition) is 1. The average molecular weight is 256 g/mol. The molecule has 0 fully saturated rings. The lowest BCUT2D eigenvalue weighted by atomic mass is 9.92. The fraction of sp³-hybridized carbons (Fsp3) is 0.938. The SMILES string of the molecule is CCCCCCCC(CCCCCC)CC(=O)O. The van der Waals surface area contributed by atoms with Crippen molar-refractivity contribution in [2.75, 3.05) is 0 Å². The lowest BCUT2D eigenvalue weighted by molar-refractivity contribution is -0.138. The molecule has 2 nitrogen and oxygen atoms in total. The number of carbonyl (C=O) groups is 1. The van der Waals surface area contributed by atoms with Gasteiger partial charge in [-0.15, -0.1) is 0 Å². The maximum atomic E-state index is 10.8. The Morgan fingerprint density at radius 3 is 1.72 bits per heavy atom. The first-order chi connectivity index (χ1) is 8.70. The molecule has 0 aromatic heterocycles. The van der Waals surface area contributed by atoms with E-state index in [1.807, 2.05) is 0 Å². The Labute approximate surface area is 113 Å². The van der Waals surface area contributed by atoms with E-state index < -0.39 is 5.97 Å². The van der Waals surface area contributed by atoms with E-state index in [1.54, 1.807) is 0 Å². The molecule has 108 valence electrons. The van der Waals surface area contributed by atoms with E-state index in [9.17, 15) is 4.79 Å². The number of carboxylic acid groups (broad SMARTS) is 1. The molecule has 18 heavy (non-hydrogen) atoms. The van der Waals surface area contributed by atoms with Crippen LogP contribution in [0.4, 0.5) is 0 Å². The molecule has 0 saturated heterocycles. The van der Waals surface area contributed by atoms with Crippen molar-refractivity contribution in [1.29, 1.82) is 0 Å². The molecular formula is C16H32O2. The van der Waals surface area contributed by atoms with Crippen LogP contribution in [0.1, 0.15) is 90.9 Å². The number of carboxylic acids is 1. The van der Waals surface area contributed by atoms with Gasteiger partial charge in [0.05, 0.1) is 0 Å². The molecule has 0 spiro atoms. The maximum Gasteiger partial charge on any atom is 0.303 e. The summed E-state index contributed by atoms with van der Waals surface area (Å²) in [5.74, 6) is -0.204. The van der Waals surface area contributed by atoms with Crippen LogP contribution in [0.5, 0.6) is 0 Å². The Kier molecular flexibility index (Phi) is 12.5. The van der Waals surface area contributed by atoms with Crippen molar-refractivity contribution in [2.24, 2.45) is 5.92 Å². The van der Waals surface area contributed by atoms with Crippen LogP contribution in [0.3, 0.4) is 0 Å². The minimum absolute atomic E-state index is 0.375. The average Bonchev–Trinajstić information content (AvgIpc) is 2.33. The molecule has 1 unspecified atom stereocenters. The quantitative estimate of drug-likeness (QED) is 0.447. The van der Waals surface area contributed by atoms with Crippen LogP contribution >= 0.6 is 0 Å². The van der Waals surface area contributed by atoms with E-state index in [2.05, 4.69) is 13.8 Å². The summed E-state index contributed by atoms with van der Waals surface area (Å²) >= 11 is 0. The molecule has 0 saturated carbocycles. The molecule has 0 aliphatic carbocycles. The van der Waals surface area contributed by atoms with Gasteiger partial charge in [0.1, 0.15) is 0 Å². The van der Waals surface area contributed by atoms with Gasteiger partial charge in [-0.2, -0.15) is 0 Å². The standard InChI is InChI=1S/C16H32O2/c1-3-5-7-9-11-13-15(14-16(17)18)12-10-8-6-4-2/h15H,3-14H2,1-2H3,(H,17,18). The molecule has 0 aromatic carbocycles. The van der Waals surface area contributed by atoms with Gasteiger partial charge in [0.25, 0.3) is 0 Å². The predicted octanol–water partition coefficient (Wildman–Crippen LogP) is 5.41. The fourth-order valence-corrected chi connectivity index (χ4v) is 2.49. The minimum Gasteiger partial charge on any atom is -0.481 e. The maximum absolute atomic E-state index is 10.8. The van der Waals surface area contributed by atoms with Gasteiger partial charge < -0.3 is 5.11 Å². The van der Waals surface area contributed by atoms with Crippen LogP contribution in [0.25, 0.3) is 0 Å². The second kappa shape index (κ2) is 12.9. The second-order valence-electron chi connectivity index (χ2n) is 5.52. The molecule has 0 bridgehead atoms. The van der Waals surface area contributed by atoms with Crippen molar-refractivity contribution in [2.45, 2.75) is 90.9 Å². The van der Waals surface area contributed by atoms with E-state index in [0.717, 1.165) is 12.8 Å². The summed E-state index contributed by atoms with van der Waals surface area (Å²) in [7, 11) is 0. The number of rotatable bonds is 13. The largest absolute Gasteiger partial charge is 0.481 e. The lowest BCUT2D eigenvalue weighted by Crippen LogP contribution is -2.08. The molecular weight excluding hydrogens is 224 g/mol. The van der Waals surface area contributed by atoms with E-state index in [4.69, 9.17) is 5.11 Å². The molecule has 0 aromatic rings. The summed E-state index contributed by atoms with van der Waals surface area (Å²) in [6, 6.07) is 0. The van der Waals surface area contributed by atoms with Gasteiger partial charge in [-0.25, -0.2) is 0 Å². The normalized spacial score (nSPS) is 12.6. The monoisotopic (exact) mass is 256 g/mol.